The van der Waals surface area contributed by atoms with Gasteiger partial charge in [-0.3, -0.25) is 4.79 Å². The molecule has 0 N–H and O–H groups in total. The molecule has 0 aromatic carbocycles. The van der Waals surface area contributed by atoms with E-state index in [1.807, 2.05) is 0 Å². The van der Waals surface area contributed by atoms with Gasteiger partial charge in [0.1, 0.15) is 0 Å². The van der Waals surface area contributed by atoms with Crippen LogP contribution in [0.1, 0.15) is 52.9 Å². The van der Waals surface area contributed by atoms with Crippen LogP contribution in [0, 0.1) is 35.5 Å². The van der Waals surface area contributed by atoms with Gasteiger partial charge >= 0.3 is 5.97 Å². The summed E-state index contributed by atoms with van der Waals surface area (Å²) >= 11 is 0. The highest BCUT2D eigenvalue weighted by Gasteiger charge is 2.53. The maximum atomic E-state index is 9.96. The number of fused-ring (bicyclic) bond motifs is 5. The summed E-state index contributed by atoms with van der Waals surface area (Å²) < 4.78 is 4.26. The van der Waals surface area contributed by atoms with Gasteiger partial charge in [0.2, 0.25) is 0 Å². The molecule has 3 aliphatic carbocycles. The molecule has 0 amide bonds. The number of hydrogen-bond donors (Lipinski definition) is 0. The summed E-state index contributed by atoms with van der Waals surface area (Å²) in [5.74, 6) is 6.54. The molecule has 0 aromatic rings. The second-order valence-corrected chi connectivity index (χ2v) is 6.58. The maximum absolute atomic E-state index is 9.96. The van der Waals surface area contributed by atoms with Gasteiger partial charge in [0.15, 0.2) is 0 Å². The van der Waals surface area contributed by atoms with E-state index >= 15 is 0 Å². The minimum Gasteiger partial charge on any atom is -0.469 e. The lowest BCUT2D eigenvalue weighted by molar-refractivity contribution is -0.140. The highest BCUT2D eigenvalue weighted by molar-refractivity contribution is 5.68. The Morgan fingerprint density at radius 1 is 1.17 bits per heavy atom. The van der Waals surface area contributed by atoms with Crippen LogP contribution in [0.15, 0.2) is 0 Å². The van der Waals surface area contributed by atoms with Gasteiger partial charge < -0.3 is 4.74 Å². The first kappa shape index (κ1) is 13.9. The zero-order valence-corrected chi connectivity index (χ0v) is 12.3. The molecule has 6 unspecified atom stereocenters. The lowest BCUT2D eigenvalue weighted by atomic mass is 9.78. The van der Waals surface area contributed by atoms with Gasteiger partial charge in [0, 0.05) is 6.42 Å². The van der Waals surface area contributed by atoms with E-state index in [1.165, 1.54) is 7.11 Å². The number of carbonyl (C=O) groups is 1. The number of ether oxygens (including phenoxy) is 1. The molecule has 18 heavy (non-hydrogen) atoms. The smallest absolute Gasteiger partial charge is 0.305 e. The van der Waals surface area contributed by atoms with E-state index in [9.17, 15) is 4.79 Å². The highest BCUT2D eigenvalue weighted by atomic mass is 16.5. The Hall–Kier alpha value is -0.530. The van der Waals surface area contributed by atoms with Crippen LogP contribution in [0.4, 0.5) is 0 Å². The number of hydrogen-bond acceptors (Lipinski definition) is 2. The quantitative estimate of drug-likeness (QED) is 0.662. The largest absolute Gasteiger partial charge is 0.469 e. The predicted octanol–water partition coefficient (Wildman–Crippen LogP) is 3.89. The van der Waals surface area contributed by atoms with Crippen LogP contribution in [-0.4, -0.2) is 13.1 Å². The lowest BCUT2D eigenvalue weighted by Crippen LogP contribution is -2.21. The van der Waals surface area contributed by atoms with Gasteiger partial charge in [0.25, 0.3) is 0 Å². The van der Waals surface area contributed by atoms with Crippen molar-refractivity contribution in [3.63, 3.8) is 0 Å². The first-order valence-corrected chi connectivity index (χ1v) is 7.65. The predicted molar refractivity (Wildman–Crippen MR) is 73.1 cm³/mol. The standard InChI is InChI=1S/C12H20.C4H8O2/c1-7-5-11-9-3-4-10(6-9)12(11)8(7)2;1-3-4(5)6-2/h7-12H,3-6H2,1-2H3;3H2,1-2H3. The molecule has 3 fully saturated rings. The first-order chi connectivity index (χ1) is 8.58. The van der Waals surface area contributed by atoms with Crippen LogP contribution in [0.5, 0.6) is 0 Å². The minimum absolute atomic E-state index is 0.157. The molecule has 0 spiro atoms. The van der Waals surface area contributed by atoms with Crippen molar-refractivity contribution in [2.24, 2.45) is 35.5 Å². The van der Waals surface area contributed by atoms with Crippen molar-refractivity contribution in [1.29, 1.82) is 0 Å². The molecule has 2 bridgehead atoms. The van der Waals surface area contributed by atoms with Crippen LogP contribution < -0.4 is 0 Å². The van der Waals surface area contributed by atoms with Crippen LogP contribution in [0.3, 0.4) is 0 Å². The Bertz CT molecular complexity index is 291. The monoisotopic (exact) mass is 252 g/mol. The molecule has 0 radical (unpaired) electrons. The van der Waals surface area contributed by atoms with Gasteiger partial charge in [-0.25, -0.2) is 0 Å². The van der Waals surface area contributed by atoms with Crippen LogP contribution >= 0.6 is 0 Å². The Morgan fingerprint density at radius 3 is 2.33 bits per heavy atom. The van der Waals surface area contributed by atoms with Crippen molar-refractivity contribution in [3.8, 4) is 0 Å². The fraction of sp³-hybridized carbons (Fsp3) is 0.938. The van der Waals surface area contributed by atoms with Crippen LogP contribution in [0.2, 0.25) is 0 Å². The molecule has 0 aromatic heterocycles. The molecule has 0 aliphatic heterocycles. The summed E-state index contributed by atoms with van der Waals surface area (Å²) in [5.41, 5.74) is 0. The molecule has 3 saturated carbocycles. The van der Waals surface area contributed by atoms with Crippen molar-refractivity contribution in [3.05, 3.63) is 0 Å². The second kappa shape index (κ2) is 5.63. The maximum Gasteiger partial charge on any atom is 0.305 e. The number of carbonyl (C=O) groups excluding carboxylic acids is 1. The van der Waals surface area contributed by atoms with Gasteiger partial charge in [0.05, 0.1) is 7.11 Å². The van der Waals surface area contributed by atoms with E-state index < -0.39 is 0 Å². The fourth-order valence-electron chi connectivity index (χ4n) is 4.79. The number of methoxy groups -OCH3 is 1. The van der Waals surface area contributed by atoms with Gasteiger partial charge in [-0.1, -0.05) is 20.8 Å². The fourth-order valence-corrected chi connectivity index (χ4v) is 4.79. The molecular weight excluding hydrogens is 224 g/mol. The second-order valence-electron chi connectivity index (χ2n) is 6.58. The summed E-state index contributed by atoms with van der Waals surface area (Å²) in [7, 11) is 1.38. The topological polar surface area (TPSA) is 26.3 Å². The number of esters is 1. The van der Waals surface area contributed by atoms with Gasteiger partial charge in [-0.2, -0.15) is 0 Å². The summed E-state index contributed by atoms with van der Waals surface area (Å²) in [6.45, 7) is 6.74. The van der Waals surface area contributed by atoms with Crippen molar-refractivity contribution in [2.75, 3.05) is 7.11 Å². The van der Waals surface area contributed by atoms with Crippen molar-refractivity contribution in [1.82, 2.24) is 0 Å². The third-order valence-corrected chi connectivity index (χ3v) is 5.82. The summed E-state index contributed by atoms with van der Waals surface area (Å²) in [6, 6.07) is 0. The molecule has 104 valence electrons. The normalized spacial score (nSPS) is 44.2. The molecule has 2 nitrogen and oxygen atoms in total. The summed E-state index contributed by atoms with van der Waals surface area (Å²) in [6.07, 6.45) is 6.78. The van der Waals surface area contributed by atoms with Gasteiger partial charge in [-0.05, 0) is 61.2 Å². The zero-order chi connectivity index (χ0) is 13.3. The van der Waals surface area contributed by atoms with Crippen LogP contribution in [-0.2, 0) is 9.53 Å². The van der Waals surface area contributed by atoms with E-state index in [4.69, 9.17) is 0 Å². The molecule has 2 heteroatoms. The molecular formula is C16H28O2. The minimum atomic E-state index is -0.157. The third kappa shape index (κ3) is 2.44. The molecule has 0 heterocycles. The van der Waals surface area contributed by atoms with E-state index in [2.05, 4.69) is 18.6 Å². The van der Waals surface area contributed by atoms with E-state index in [0.29, 0.717) is 6.42 Å². The van der Waals surface area contributed by atoms with Crippen LogP contribution in [0.25, 0.3) is 0 Å². The Morgan fingerprint density at radius 2 is 1.83 bits per heavy atom. The Balaban J connectivity index is 0.000000174. The van der Waals surface area contributed by atoms with E-state index in [1.54, 1.807) is 32.6 Å². The van der Waals surface area contributed by atoms with Crippen molar-refractivity contribution >= 4 is 5.97 Å². The lowest BCUT2D eigenvalue weighted by Gasteiger charge is -2.27. The van der Waals surface area contributed by atoms with Crippen molar-refractivity contribution < 1.29 is 9.53 Å². The Labute approximate surface area is 111 Å². The van der Waals surface area contributed by atoms with Gasteiger partial charge in [-0.15, -0.1) is 0 Å². The molecule has 3 aliphatic rings. The molecule has 3 rings (SSSR count). The zero-order valence-electron chi connectivity index (χ0n) is 12.3. The summed E-state index contributed by atoms with van der Waals surface area (Å²) in [4.78, 5) is 9.96. The molecule has 0 saturated heterocycles. The highest BCUT2D eigenvalue weighted by Crippen LogP contribution is 2.61. The summed E-state index contributed by atoms with van der Waals surface area (Å²) in [5, 5.41) is 0. The first-order valence-electron chi connectivity index (χ1n) is 7.65. The van der Waals surface area contributed by atoms with E-state index in [0.717, 1.165) is 35.5 Å². The Kier molecular flexibility index (Phi) is 4.34. The van der Waals surface area contributed by atoms with E-state index in [-0.39, 0.29) is 5.97 Å². The number of rotatable bonds is 1. The average molecular weight is 252 g/mol. The SMILES string of the molecule is CC1CC2C3CCC(C3)C2C1C.CCC(=O)OC. The molecule has 6 atom stereocenters. The average Bonchev–Trinajstić information content (AvgIpc) is 3.04. The third-order valence-electron chi connectivity index (χ3n) is 5.82. The van der Waals surface area contributed by atoms with Crippen molar-refractivity contribution in [2.45, 2.75) is 52.9 Å².